The van der Waals surface area contributed by atoms with Crippen molar-refractivity contribution in [1.82, 2.24) is 0 Å². The van der Waals surface area contributed by atoms with Crippen LogP contribution in [-0.2, 0) is 6.42 Å². The van der Waals surface area contributed by atoms with Crippen LogP contribution in [0.1, 0.15) is 11.1 Å². The first-order valence-corrected chi connectivity index (χ1v) is 15.0. The Morgan fingerprint density at radius 1 is 0.333 bits per heavy atom. The molecule has 1 nitrogen and oxygen atoms in total. The molecule has 0 fully saturated rings. The van der Waals surface area contributed by atoms with Gasteiger partial charge in [-0.25, -0.2) is 0 Å². The molecule has 0 aromatic heterocycles. The van der Waals surface area contributed by atoms with E-state index in [1.165, 1.54) is 32.3 Å². The highest BCUT2D eigenvalue weighted by Crippen LogP contribution is 2.53. The van der Waals surface area contributed by atoms with Crippen molar-refractivity contribution in [3.05, 3.63) is 187 Å². The van der Waals surface area contributed by atoms with Crippen molar-refractivity contribution in [2.75, 3.05) is 0 Å². The minimum Gasteiger partial charge on any atom is -0.872 e. The van der Waals surface area contributed by atoms with Gasteiger partial charge in [0.2, 0.25) is 0 Å². The zero-order valence-electron chi connectivity index (χ0n) is 21.8. The van der Waals surface area contributed by atoms with Crippen molar-refractivity contribution in [2.45, 2.75) is 6.42 Å². The Morgan fingerprint density at radius 2 is 0.615 bits per heavy atom. The van der Waals surface area contributed by atoms with E-state index in [0.29, 0.717) is 0 Å². The van der Waals surface area contributed by atoms with Crippen molar-refractivity contribution in [2.24, 2.45) is 0 Å². The van der Waals surface area contributed by atoms with Crippen LogP contribution in [0.5, 0.6) is 5.75 Å². The zero-order chi connectivity index (χ0) is 26.8. The minimum atomic E-state index is -1.91. The first-order chi connectivity index (χ1) is 19.3. The Hall–Kier alpha value is -4.45. The molecule has 0 aliphatic rings. The summed E-state index contributed by atoms with van der Waals surface area (Å²) in [6.45, 7) is 0. The first kappa shape index (κ1) is 26.2. The lowest BCUT2D eigenvalue weighted by Crippen LogP contribution is -2.38. The third kappa shape index (κ3) is 6.17. The highest BCUT2D eigenvalue weighted by molar-refractivity contribution is 8.01. The molecule has 0 spiro atoms. The van der Waals surface area contributed by atoms with Gasteiger partial charge in [0, 0.05) is 0 Å². The smallest absolute Gasteiger partial charge is 0.144 e. The second-order valence-corrected chi connectivity index (χ2v) is 12.7. The van der Waals surface area contributed by atoms with Gasteiger partial charge in [0.1, 0.15) is 28.5 Å². The number of hydrogen-bond acceptors (Lipinski definition) is 1. The highest BCUT2D eigenvalue weighted by atomic mass is 31.2. The average Bonchev–Trinajstić information content (AvgIpc) is 3.02. The van der Waals surface area contributed by atoms with Gasteiger partial charge in [-0.1, -0.05) is 127 Å². The van der Waals surface area contributed by atoms with Crippen LogP contribution < -0.4 is 26.3 Å². The predicted octanol–water partition coefficient (Wildman–Crippen LogP) is 6.66. The average molecular weight is 523 g/mol. The van der Waals surface area contributed by atoms with Gasteiger partial charge in [-0.15, -0.1) is 5.75 Å². The molecule has 6 rings (SSSR count). The van der Waals surface area contributed by atoms with Crippen LogP contribution in [0.4, 0.5) is 0 Å². The third-order valence-electron chi connectivity index (χ3n) is 6.75. The Labute approximate surface area is 232 Å². The number of benzene rings is 6. The molecule has 2 heteroatoms. The Kier molecular flexibility index (Phi) is 8.64. The van der Waals surface area contributed by atoms with E-state index in [2.05, 4.69) is 133 Å². The Balaban J connectivity index is 0.000000186. The molecule has 0 aliphatic heterocycles. The maximum absolute atomic E-state index is 10.9. The fourth-order valence-electron chi connectivity index (χ4n) is 4.94. The van der Waals surface area contributed by atoms with Crippen LogP contribution in [0.25, 0.3) is 0 Å². The summed E-state index contributed by atoms with van der Waals surface area (Å²) < 4.78 is 0. The summed E-state index contributed by atoms with van der Waals surface area (Å²) in [5.41, 5.74) is 2.45. The Bertz CT molecular complexity index is 1370. The Morgan fingerprint density at radius 3 is 0.949 bits per heavy atom. The maximum Gasteiger partial charge on any atom is 0.144 e. The van der Waals surface area contributed by atoms with Crippen LogP contribution >= 0.6 is 7.26 Å². The lowest BCUT2D eigenvalue weighted by atomic mass is 10.1. The van der Waals surface area contributed by atoms with Crippen LogP contribution in [0.2, 0.25) is 0 Å². The largest absolute Gasteiger partial charge is 0.872 e. The summed E-state index contributed by atoms with van der Waals surface area (Å²) in [6, 6.07) is 61.0. The van der Waals surface area contributed by atoms with E-state index >= 15 is 0 Å². The van der Waals surface area contributed by atoms with E-state index in [0.717, 1.165) is 6.42 Å². The molecule has 0 atom stereocenters. The van der Waals surface area contributed by atoms with E-state index in [9.17, 15) is 5.11 Å². The van der Waals surface area contributed by atoms with Crippen LogP contribution in [-0.4, -0.2) is 0 Å². The van der Waals surface area contributed by atoms with Gasteiger partial charge in [-0.2, -0.15) is 0 Å². The second kappa shape index (κ2) is 12.9. The van der Waals surface area contributed by atoms with Gasteiger partial charge in [-0.05, 0) is 66.1 Å². The van der Waals surface area contributed by atoms with E-state index in [4.69, 9.17) is 0 Å². The van der Waals surface area contributed by atoms with Crippen molar-refractivity contribution >= 4 is 28.5 Å². The molecule has 0 radical (unpaired) electrons. The molecule has 0 amide bonds. The molecular formula is C37H31OP. The van der Waals surface area contributed by atoms with Crippen LogP contribution in [0.3, 0.4) is 0 Å². The zero-order valence-corrected chi connectivity index (χ0v) is 22.7. The fraction of sp³-hybridized carbons (Fsp3) is 0.0270. The summed E-state index contributed by atoms with van der Waals surface area (Å²) in [6.07, 6.45) is 0.890. The molecule has 39 heavy (non-hydrogen) atoms. The molecule has 6 aromatic rings. The molecule has 0 bridgehead atoms. The quantitative estimate of drug-likeness (QED) is 0.225. The lowest BCUT2D eigenvalue weighted by Gasteiger charge is -2.27. The standard InChI is InChI=1S/C24H20P.C13H12O/c1-5-13-21(14-6-1)25(22-15-7-2-8-16-22,23-17-9-3-10-18-23)24-19-11-4-12-20-24;14-13-8-6-12(7-9-13)10-11-4-2-1-3-5-11/h1-20H;1-9,14H,10H2/q+1;/p-1. The molecule has 0 N–H and O–H groups in total. The minimum absolute atomic E-state index is 0.0711. The first-order valence-electron chi connectivity index (χ1n) is 13.2. The molecule has 190 valence electrons. The summed E-state index contributed by atoms with van der Waals surface area (Å²) in [4.78, 5) is 0. The third-order valence-corrected chi connectivity index (χ3v) is 11.0. The SMILES string of the molecule is [O-]c1ccc(Cc2ccccc2)cc1.c1ccc([P+](c2ccccc2)(c2ccccc2)c2ccccc2)cc1. The molecule has 0 saturated carbocycles. The van der Waals surface area contributed by atoms with E-state index in [1.807, 2.05) is 30.3 Å². The number of hydrogen-bond donors (Lipinski definition) is 0. The van der Waals surface area contributed by atoms with Gasteiger partial charge >= 0.3 is 0 Å². The number of rotatable bonds is 6. The highest BCUT2D eigenvalue weighted by Gasteiger charge is 2.47. The lowest BCUT2D eigenvalue weighted by molar-refractivity contribution is -0.268. The summed E-state index contributed by atoms with van der Waals surface area (Å²) in [5.74, 6) is 0.0711. The van der Waals surface area contributed by atoms with Crippen molar-refractivity contribution in [1.29, 1.82) is 0 Å². The van der Waals surface area contributed by atoms with Gasteiger partial charge in [0.05, 0.1) is 0 Å². The molecule has 0 heterocycles. The summed E-state index contributed by atoms with van der Waals surface area (Å²) in [5, 5.41) is 16.4. The van der Waals surface area contributed by atoms with Crippen molar-refractivity contribution in [3.63, 3.8) is 0 Å². The van der Waals surface area contributed by atoms with E-state index < -0.39 is 7.26 Å². The summed E-state index contributed by atoms with van der Waals surface area (Å²) in [7, 11) is -1.91. The molecule has 0 unspecified atom stereocenters. The summed E-state index contributed by atoms with van der Waals surface area (Å²) >= 11 is 0. The van der Waals surface area contributed by atoms with Gasteiger partial charge in [-0.3, -0.25) is 0 Å². The van der Waals surface area contributed by atoms with Gasteiger partial charge in [0.15, 0.2) is 0 Å². The topological polar surface area (TPSA) is 23.1 Å². The maximum atomic E-state index is 10.9. The van der Waals surface area contributed by atoms with Crippen molar-refractivity contribution in [3.8, 4) is 5.75 Å². The molecule has 6 aromatic carbocycles. The molecule has 0 saturated heterocycles. The van der Waals surface area contributed by atoms with Crippen molar-refractivity contribution < 1.29 is 5.11 Å². The monoisotopic (exact) mass is 522 g/mol. The predicted molar refractivity (Wildman–Crippen MR) is 166 cm³/mol. The van der Waals surface area contributed by atoms with Crippen LogP contribution in [0, 0.1) is 0 Å². The van der Waals surface area contributed by atoms with Gasteiger partial charge in [0.25, 0.3) is 0 Å². The molecular weight excluding hydrogens is 491 g/mol. The molecule has 0 aliphatic carbocycles. The second-order valence-electron chi connectivity index (χ2n) is 9.32. The fourth-order valence-corrected chi connectivity index (χ4v) is 9.21. The van der Waals surface area contributed by atoms with E-state index in [1.54, 1.807) is 12.1 Å². The normalized spacial score (nSPS) is 10.8. The van der Waals surface area contributed by atoms with Gasteiger partial charge < -0.3 is 5.11 Å². The van der Waals surface area contributed by atoms with Crippen LogP contribution in [0.15, 0.2) is 176 Å². The van der Waals surface area contributed by atoms with E-state index in [-0.39, 0.29) is 5.75 Å².